The van der Waals surface area contributed by atoms with Gasteiger partial charge in [0.2, 0.25) is 0 Å². The molecule has 2 aromatic rings. The molecule has 0 aliphatic rings. The molecular weight excluding hydrogens is 222 g/mol. The average molecular weight is 235 g/mol. The summed E-state index contributed by atoms with van der Waals surface area (Å²) in [5.74, 6) is 0.872. The summed E-state index contributed by atoms with van der Waals surface area (Å²) in [7, 11) is 0. The Morgan fingerprint density at radius 1 is 1.38 bits per heavy atom. The molecule has 4 nitrogen and oxygen atoms in total. The summed E-state index contributed by atoms with van der Waals surface area (Å²) >= 11 is 5.16. The van der Waals surface area contributed by atoms with Gasteiger partial charge in [0.25, 0.3) is 0 Å². The van der Waals surface area contributed by atoms with Crippen LogP contribution in [0, 0.1) is 4.77 Å². The molecule has 0 unspecified atom stereocenters. The van der Waals surface area contributed by atoms with Crippen LogP contribution in [0.5, 0.6) is 5.75 Å². The predicted octanol–water partition coefficient (Wildman–Crippen LogP) is 2.89. The van der Waals surface area contributed by atoms with Gasteiger partial charge in [0.05, 0.1) is 5.56 Å². The third-order valence-electron chi connectivity index (χ3n) is 2.37. The zero-order valence-corrected chi connectivity index (χ0v) is 9.95. The number of aromatic hydroxyl groups is 1. The monoisotopic (exact) mass is 235 g/mol. The van der Waals surface area contributed by atoms with Gasteiger partial charge in [0, 0.05) is 6.04 Å². The maximum atomic E-state index is 9.78. The van der Waals surface area contributed by atoms with E-state index >= 15 is 0 Å². The lowest BCUT2D eigenvalue weighted by Gasteiger charge is -2.10. The number of phenols is 1. The van der Waals surface area contributed by atoms with Gasteiger partial charge in [-0.1, -0.05) is 12.1 Å². The number of aromatic nitrogens is 3. The van der Waals surface area contributed by atoms with Crippen LogP contribution in [0.25, 0.3) is 11.4 Å². The maximum Gasteiger partial charge on any atom is 0.195 e. The van der Waals surface area contributed by atoms with Crippen molar-refractivity contribution < 1.29 is 5.11 Å². The molecule has 84 valence electrons. The zero-order chi connectivity index (χ0) is 11.7. The highest BCUT2D eigenvalue weighted by molar-refractivity contribution is 7.71. The summed E-state index contributed by atoms with van der Waals surface area (Å²) in [4.78, 5) is 0. The fourth-order valence-corrected chi connectivity index (χ4v) is 1.98. The molecule has 0 fully saturated rings. The Morgan fingerprint density at radius 3 is 2.69 bits per heavy atom. The third-order valence-corrected chi connectivity index (χ3v) is 2.65. The summed E-state index contributed by atoms with van der Waals surface area (Å²) in [6.45, 7) is 4.05. The molecule has 0 aliphatic carbocycles. The van der Waals surface area contributed by atoms with E-state index in [4.69, 9.17) is 12.2 Å². The first-order valence-electron chi connectivity index (χ1n) is 5.06. The summed E-state index contributed by atoms with van der Waals surface area (Å²) in [6, 6.07) is 7.29. The summed E-state index contributed by atoms with van der Waals surface area (Å²) < 4.78 is 2.44. The number of nitrogens with zero attached hydrogens (tertiary/aromatic N) is 2. The number of H-pyrrole nitrogens is 1. The number of rotatable bonds is 2. The molecular formula is C11H13N3OS. The Hall–Kier alpha value is -1.62. The smallest absolute Gasteiger partial charge is 0.195 e. The van der Waals surface area contributed by atoms with E-state index in [1.807, 2.05) is 30.5 Å². The quantitative estimate of drug-likeness (QED) is 0.787. The molecule has 5 heteroatoms. The van der Waals surface area contributed by atoms with E-state index in [9.17, 15) is 5.11 Å². The van der Waals surface area contributed by atoms with E-state index in [0.717, 1.165) is 0 Å². The van der Waals surface area contributed by atoms with Gasteiger partial charge in [0.1, 0.15) is 5.75 Å². The Kier molecular flexibility index (Phi) is 2.78. The predicted molar refractivity (Wildman–Crippen MR) is 64.9 cm³/mol. The van der Waals surface area contributed by atoms with Gasteiger partial charge in [0.15, 0.2) is 10.6 Å². The largest absolute Gasteiger partial charge is 0.507 e. The maximum absolute atomic E-state index is 9.78. The van der Waals surface area contributed by atoms with E-state index in [0.29, 0.717) is 16.2 Å². The second-order valence-corrected chi connectivity index (χ2v) is 4.22. The van der Waals surface area contributed by atoms with Gasteiger partial charge in [-0.15, -0.1) is 0 Å². The number of hydrogen-bond acceptors (Lipinski definition) is 3. The molecule has 2 N–H and O–H groups in total. The van der Waals surface area contributed by atoms with Crippen molar-refractivity contribution in [3.63, 3.8) is 0 Å². The molecule has 16 heavy (non-hydrogen) atoms. The summed E-state index contributed by atoms with van der Waals surface area (Å²) in [5.41, 5.74) is 0.684. The number of phenolic OH excluding ortho intramolecular Hbond substituents is 1. The lowest BCUT2D eigenvalue weighted by molar-refractivity contribution is 0.475. The number of hydrogen-bond donors (Lipinski definition) is 2. The van der Waals surface area contributed by atoms with E-state index in [2.05, 4.69) is 10.2 Å². The van der Waals surface area contributed by atoms with Crippen molar-refractivity contribution in [3.05, 3.63) is 29.0 Å². The highest BCUT2D eigenvalue weighted by Crippen LogP contribution is 2.28. The summed E-state index contributed by atoms with van der Waals surface area (Å²) in [6.07, 6.45) is 0. The summed E-state index contributed by atoms with van der Waals surface area (Å²) in [5, 5.41) is 16.7. The number of benzene rings is 1. The fraction of sp³-hybridized carbons (Fsp3) is 0.273. The van der Waals surface area contributed by atoms with Crippen LogP contribution in [-0.2, 0) is 0 Å². The Labute approximate surface area is 98.6 Å². The van der Waals surface area contributed by atoms with Crippen molar-refractivity contribution >= 4 is 12.2 Å². The number of aromatic amines is 1. The minimum atomic E-state index is 0.195. The van der Waals surface area contributed by atoms with Crippen LogP contribution >= 0.6 is 12.2 Å². The normalized spacial score (nSPS) is 10.9. The molecule has 0 atom stereocenters. The topological polar surface area (TPSA) is 53.8 Å². The first-order valence-corrected chi connectivity index (χ1v) is 5.47. The van der Waals surface area contributed by atoms with E-state index < -0.39 is 0 Å². The van der Waals surface area contributed by atoms with E-state index in [-0.39, 0.29) is 11.8 Å². The second kappa shape index (κ2) is 4.09. The molecule has 0 saturated carbocycles. The van der Waals surface area contributed by atoms with E-state index in [1.165, 1.54) is 0 Å². The minimum absolute atomic E-state index is 0.195. The minimum Gasteiger partial charge on any atom is -0.507 e. The van der Waals surface area contributed by atoms with Gasteiger partial charge in [-0.05, 0) is 38.2 Å². The zero-order valence-electron chi connectivity index (χ0n) is 9.14. The molecule has 0 spiro atoms. The SMILES string of the molecule is CC(C)n1c(-c2ccccc2O)n[nH]c1=S. The molecule has 0 bridgehead atoms. The fourth-order valence-electron chi connectivity index (χ4n) is 1.64. The Bertz CT molecular complexity index is 556. The third kappa shape index (κ3) is 1.74. The Balaban J connectivity index is 2.66. The molecule has 1 aromatic carbocycles. The molecule has 0 radical (unpaired) electrons. The molecule has 0 saturated heterocycles. The van der Waals surface area contributed by atoms with Crippen molar-refractivity contribution in [2.75, 3.05) is 0 Å². The number of para-hydroxylation sites is 1. The molecule has 0 aliphatic heterocycles. The highest BCUT2D eigenvalue weighted by Gasteiger charge is 2.13. The van der Waals surface area contributed by atoms with Gasteiger partial charge >= 0.3 is 0 Å². The van der Waals surface area contributed by atoms with Crippen LogP contribution < -0.4 is 0 Å². The standard InChI is InChI=1S/C11H13N3OS/c1-7(2)14-10(12-13-11(14)16)8-5-3-4-6-9(8)15/h3-7,15H,1-2H3,(H,13,16). The lowest BCUT2D eigenvalue weighted by atomic mass is 10.2. The van der Waals surface area contributed by atoms with Crippen molar-refractivity contribution in [3.8, 4) is 17.1 Å². The van der Waals surface area contributed by atoms with Gasteiger partial charge in [-0.3, -0.25) is 9.67 Å². The lowest BCUT2D eigenvalue weighted by Crippen LogP contribution is -2.03. The Morgan fingerprint density at radius 2 is 2.06 bits per heavy atom. The average Bonchev–Trinajstić information content (AvgIpc) is 2.61. The van der Waals surface area contributed by atoms with Crippen LogP contribution in [0.1, 0.15) is 19.9 Å². The van der Waals surface area contributed by atoms with Crippen LogP contribution in [0.3, 0.4) is 0 Å². The van der Waals surface area contributed by atoms with Gasteiger partial charge < -0.3 is 5.11 Å². The van der Waals surface area contributed by atoms with E-state index in [1.54, 1.807) is 12.1 Å². The first kappa shape index (κ1) is 10.9. The first-order chi connectivity index (χ1) is 7.61. The number of nitrogens with one attached hydrogen (secondary N) is 1. The molecule has 1 heterocycles. The molecule has 0 amide bonds. The van der Waals surface area contributed by atoms with Crippen LogP contribution in [0.15, 0.2) is 24.3 Å². The van der Waals surface area contributed by atoms with Crippen molar-refractivity contribution in [2.24, 2.45) is 0 Å². The molecule has 1 aromatic heterocycles. The highest BCUT2D eigenvalue weighted by atomic mass is 32.1. The van der Waals surface area contributed by atoms with Gasteiger partial charge in [-0.25, -0.2) is 0 Å². The van der Waals surface area contributed by atoms with Crippen LogP contribution in [0.4, 0.5) is 0 Å². The van der Waals surface area contributed by atoms with Gasteiger partial charge in [-0.2, -0.15) is 5.10 Å². The van der Waals surface area contributed by atoms with Crippen LogP contribution in [0.2, 0.25) is 0 Å². The van der Waals surface area contributed by atoms with Crippen molar-refractivity contribution in [1.29, 1.82) is 0 Å². The van der Waals surface area contributed by atoms with Crippen molar-refractivity contribution in [1.82, 2.24) is 14.8 Å². The van der Waals surface area contributed by atoms with Crippen LogP contribution in [-0.4, -0.2) is 19.9 Å². The van der Waals surface area contributed by atoms with Crippen molar-refractivity contribution in [2.45, 2.75) is 19.9 Å². The molecule has 2 rings (SSSR count). The second-order valence-electron chi connectivity index (χ2n) is 3.83.